The van der Waals surface area contributed by atoms with Crippen molar-refractivity contribution in [2.24, 2.45) is 0 Å². The van der Waals surface area contributed by atoms with Crippen LogP contribution in [0.2, 0.25) is 0 Å². The van der Waals surface area contributed by atoms with E-state index in [-0.39, 0.29) is 10.8 Å². The third-order valence-corrected chi connectivity index (χ3v) is 9.15. The van der Waals surface area contributed by atoms with Crippen molar-refractivity contribution in [3.63, 3.8) is 0 Å². The van der Waals surface area contributed by atoms with Gasteiger partial charge in [-0.1, -0.05) is 86.2 Å². The van der Waals surface area contributed by atoms with Gasteiger partial charge in [0.1, 0.15) is 6.54 Å². The number of likely N-dealkylation sites (N-methyl/N-ethyl adjacent to an activating group) is 1. The molecule has 2 heteroatoms. The summed E-state index contributed by atoms with van der Waals surface area (Å²) in [4.78, 5) is 2.49. The van der Waals surface area contributed by atoms with Crippen LogP contribution in [0.5, 0.6) is 0 Å². The molecule has 0 fully saturated rings. The predicted octanol–water partition coefficient (Wildman–Crippen LogP) is 9.59. The van der Waals surface area contributed by atoms with E-state index in [0.29, 0.717) is 0 Å². The van der Waals surface area contributed by atoms with Crippen molar-refractivity contribution < 1.29 is 4.58 Å². The zero-order valence-electron chi connectivity index (χ0n) is 25.0. The number of rotatable bonds is 5. The van der Waals surface area contributed by atoms with Gasteiger partial charge in [-0.3, -0.25) is 0 Å². The zero-order valence-corrected chi connectivity index (χ0v) is 25.0. The summed E-state index contributed by atoms with van der Waals surface area (Å²) in [6.07, 6.45) is 9.29. The minimum atomic E-state index is -0.0728. The number of allylic oxidation sites excluding steroid dienone is 6. The molecule has 0 bridgehead atoms. The van der Waals surface area contributed by atoms with Crippen LogP contribution in [0, 0.1) is 0 Å². The molecule has 0 saturated heterocycles. The van der Waals surface area contributed by atoms with E-state index in [9.17, 15) is 0 Å². The highest BCUT2D eigenvalue weighted by molar-refractivity contribution is 6.07. The summed E-state index contributed by atoms with van der Waals surface area (Å²) < 4.78 is 2.49. The Balaban J connectivity index is 1.37. The van der Waals surface area contributed by atoms with E-state index >= 15 is 0 Å². The first-order chi connectivity index (χ1) is 19.2. The van der Waals surface area contributed by atoms with Gasteiger partial charge in [0.25, 0.3) is 0 Å². The van der Waals surface area contributed by atoms with E-state index in [1.54, 1.807) is 0 Å². The van der Waals surface area contributed by atoms with Crippen molar-refractivity contribution in [1.82, 2.24) is 0 Å². The molecule has 2 aliphatic heterocycles. The molecular weight excluding hydrogens is 484 g/mol. The maximum absolute atomic E-state index is 2.49. The van der Waals surface area contributed by atoms with Gasteiger partial charge in [0.2, 0.25) is 5.69 Å². The third-order valence-electron chi connectivity index (χ3n) is 9.15. The molecule has 0 amide bonds. The van der Waals surface area contributed by atoms with E-state index in [2.05, 4.69) is 155 Å². The van der Waals surface area contributed by atoms with E-state index in [1.165, 1.54) is 61.0 Å². The number of anilines is 1. The smallest absolute Gasteiger partial charge is 0.210 e. The summed E-state index contributed by atoms with van der Waals surface area (Å²) in [5, 5.41) is 5.34. The number of hydrogen-bond donors (Lipinski definition) is 0. The first-order valence-electron chi connectivity index (χ1n) is 14.7. The third kappa shape index (κ3) is 3.88. The minimum absolute atomic E-state index is 0.0728. The fourth-order valence-corrected chi connectivity index (χ4v) is 7.23. The molecule has 202 valence electrons. The maximum atomic E-state index is 2.49. The van der Waals surface area contributed by atoms with Gasteiger partial charge in [0.05, 0.1) is 5.41 Å². The molecule has 0 N–H and O–H groups in total. The summed E-state index contributed by atoms with van der Waals surface area (Å²) in [5.74, 6) is 0. The molecule has 0 aliphatic carbocycles. The van der Waals surface area contributed by atoms with Gasteiger partial charge in [-0.15, -0.1) is 0 Å². The van der Waals surface area contributed by atoms with Crippen molar-refractivity contribution in [2.75, 3.05) is 18.0 Å². The van der Waals surface area contributed by atoms with Gasteiger partial charge in [0.15, 0.2) is 5.71 Å². The van der Waals surface area contributed by atoms with Crippen molar-refractivity contribution in [3.05, 3.63) is 119 Å². The fourth-order valence-electron chi connectivity index (χ4n) is 7.23. The van der Waals surface area contributed by atoms with Crippen LogP contribution in [-0.4, -0.2) is 23.4 Å². The number of nitrogens with zero attached hydrogens (tertiary/aromatic N) is 2. The average Bonchev–Trinajstić information content (AvgIpc) is 3.32. The fraction of sp³-hybridized carbons (Fsp3) is 0.289. The highest BCUT2D eigenvalue weighted by atomic mass is 15.2. The standard InChI is InChI=1S/C38H41N2/c1-8-39-31-22-20-27-14-10-12-16-29(27)35(31)37(4,5)33(39)24-18-26(3)19-25-34-38(6,7)36-30-17-13-11-15-28(30)21-23-32(36)40(34)9-2/h10-25H,8-9H2,1-7H3/q+1. The van der Waals surface area contributed by atoms with Crippen LogP contribution < -0.4 is 4.90 Å². The molecule has 0 radical (unpaired) electrons. The van der Waals surface area contributed by atoms with E-state index < -0.39 is 0 Å². The van der Waals surface area contributed by atoms with Crippen molar-refractivity contribution >= 4 is 38.6 Å². The molecule has 0 saturated carbocycles. The quantitative estimate of drug-likeness (QED) is 0.186. The van der Waals surface area contributed by atoms with Crippen LogP contribution in [0.1, 0.15) is 59.6 Å². The van der Waals surface area contributed by atoms with Crippen molar-refractivity contribution in [3.8, 4) is 0 Å². The Hall–Kier alpha value is -3.91. The Bertz CT molecular complexity index is 1770. The summed E-state index contributed by atoms with van der Waals surface area (Å²) in [7, 11) is 0. The molecule has 2 nitrogen and oxygen atoms in total. The maximum Gasteiger partial charge on any atom is 0.210 e. The van der Waals surface area contributed by atoms with Crippen LogP contribution in [0.25, 0.3) is 21.5 Å². The second kappa shape index (κ2) is 9.63. The van der Waals surface area contributed by atoms with Crippen LogP contribution in [0.15, 0.2) is 108 Å². The first-order valence-corrected chi connectivity index (χ1v) is 14.7. The molecule has 4 aromatic rings. The largest absolute Gasteiger partial charge is 0.344 e. The van der Waals surface area contributed by atoms with Gasteiger partial charge in [-0.25, -0.2) is 0 Å². The van der Waals surface area contributed by atoms with Gasteiger partial charge >= 0.3 is 0 Å². The second-order valence-corrected chi connectivity index (χ2v) is 12.3. The highest BCUT2D eigenvalue weighted by Gasteiger charge is 2.45. The van der Waals surface area contributed by atoms with Crippen LogP contribution in [0.3, 0.4) is 0 Å². The lowest BCUT2D eigenvalue weighted by atomic mass is 9.79. The lowest BCUT2D eigenvalue weighted by Gasteiger charge is -2.26. The zero-order chi connectivity index (χ0) is 28.2. The predicted molar refractivity (Wildman–Crippen MR) is 173 cm³/mol. The van der Waals surface area contributed by atoms with Crippen molar-refractivity contribution in [1.29, 1.82) is 0 Å². The molecule has 2 aliphatic rings. The minimum Gasteiger partial charge on any atom is -0.344 e. The topological polar surface area (TPSA) is 6.25 Å². The Morgan fingerprint density at radius 2 is 1.40 bits per heavy atom. The first kappa shape index (κ1) is 26.3. The molecule has 2 heterocycles. The average molecular weight is 526 g/mol. The lowest BCUT2D eigenvalue weighted by molar-refractivity contribution is -0.433. The Labute approximate surface area is 239 Å². The van der Waals surface area contributed by atoms with Crippen LogP contribution in [-0.2, 0) is 10.8 Å². The molecule has 4 aromatic carbocycles. The highest BCUT2D eigenvalue weighted by Crippen LogP contribution is 2.50. The monoisotopic (exact) mass is 525 g/mol. The summed E-state index contributed by atoms with van der Waals surface area (Å²) in [6.45, 7) is 18.1. The SMILES string of the molecule is CCN1/C(=C/C=C(C)/C=C/C2=[N+](CC)c3ccc4ccccc4c3C2(C)C)C(C)(C)c2c1ccc1ccccc21. The summed E-state index contributed by atoms with van der Waals surface area (Å²) in [5.41, 5.74) is 9.37. The number of hydrogen-bond acceptors (Lipinski definition) is 1. The number of fused-ring (bicyclic) bond motifs is 6. The molecule has 40 heavy (non-hydrogen) atoms. The molecule has 0 atom stereocenters. The van der Waals surface area contributed by atoms with Crippen LogP contribution >= 0.6 is 0 Å². The second-order valence-electron chi connectivity index (χ2n) is 12.3. The lowest BCUT2D eigenvalue weighted by Crippen LogP contribution is -2.27. The Kier molecular flexibility index (Phi) is 6.33. The molecule has 6 rings (SSSR count). The summed E-state index contributed by atoms with van der Waals surface area (Å²) >= 11 is 0. The van der Waals surface area contributed by atoms with E-state index in [1.807, 2.05) is 0 Å². The molecule has 0 aromatic heterocycles. The van der Waals surface area contributed by atoms with E-state index in [0.717, 1.165) is 13.1 Å². The van der Waals surface area contributed by atoms with E-state index in [4.69, 9.17) is 0 Å². The van der Waals surface area contributed by atoms with Crippen LogP contribution in [0.4, 0.5) is 11.4 Å². The molecule has 0 unspecified atom stereocenters. The van der Waals surface area contributed by atoms with Crippen molar-refractivity contribution in [2.45, 2.75) is 59.3 Å². The van der Waals surface area contributed by atoms with Gasteiger partial charge in [-0.2, -0.15) is 4.58 Å². The molecule has 0 spiro atoms. The van der Waals surface area contributed by atoms with Gasteiger partial charge < -0.3 is 4.90 Å². The van der Waals surface area contributed by atoms with Gasteiger partial charge in [0, 0.05) is 41.1 Å². The normalized spacial score (nSPS) is 18.9. The van der Waals surface area contributed by atoms with Gasteiger partial charge in [-0.05, 0) is 79.9 Å². The Morgan fingerprint density at radius 1 is 0.775 bits per heavy atom. The summed E-state index contributed by atoms with van der Waals surface area (Å²) in [6, 6.07) is 26.7. The number of benzene rings is 4. The Morgan fingerprint density at radius 3 is 2.05 bits per heavy atom. The molecular formula is C38H41N2+.